The topological polar surface area (TPSA) is 84.9 Å². The van der Waals surface area contributed by atoms with Gasteiger partial charge in [-0.3, -0.25) is 9.10 Å². The summed E-state index contributed by atoms with van der Waals surface area (Å²) in [6, 6.07) is 14.9. The third-order valence-corrected chi connectivity index (χ3v) is 5.34. The molecular weight excluding hydrogens is 356 g/mol. The van der Waals surface area contributed by atoms with E-state index in [-0.39, 0.29) is 17.4 Å². The summed E-state index contributed by atoms with van der Waals surface area (Å²) in [6.07, 6.45) is 0. The molecule has 0 atom stereocenters. The van der Waals surface area contributed by atoms with Crippen LogP contribution in [0.3, 0.4) is 0 Å². The highest BCUT2D eigenvalue weighted by atomic mass is 32.2. The predicted octanol–water partition coefficient (Wildman–Crippen LogP) is 2.11. The van der Waals surface area contributed by atoms with Crippen LogP contribution in [0.4, 0.5) is 11.4 Å². The van der Waals surface area contributed by atoms with Crippen molar-refractivity contribution in [1.82, 2.24) is 0 Å². The highest BCUT2D eigenvalue weighted by Crippen LogP contribution is 2.23. The summed E-state index contributed by atoms with van der Waals surface area (Å²) in [7, 11) is -0.711. The van der Waals surface area contributed by atoms with Crippen LogP contribution in [0, 0.1) is 0 Å². The molecule has 0 spiro atoms. The lowest BCUT2D eigenvalue weighted by molar-refractivity contribution is -0.121. The molecule has 0 aliphatic heterocycles. The largest absolute Gasteiger partial charge is 0.382 e. The number of hydrogen-bond acceptors (Lipinski definition) is 5. The number of methoxy groups -OCH3 is 1. The van der Waals surface area contributed by atoms with Crippen molar-refractivity contribution in [1.29, 1.82) is 0 Å². The second-order valence-corrected chi connectivity index (χ2v) is 7.40. The maximum Gasteiger partial charge on any atom is 0.264 e. The average Bonchev–Trinajstić information content (AvgIpc) is 2.65. The van der Waals surface area contributed by atoms with Crippen LogP contribution in [-0.4, -0.2) is 48.3 Å². The van der Waals surface area contributed by atoms with Crippen molar-refractivity contribution in [2.75, 3.05) is 43.6 Å². The summed E-state index contributed by atoms with van der Waals surface area (Å²) in [5.41, 5.74) is 0.932. The second-order valence-electron chi connectivity index (χ2n) is 5.43. The number of carbonyl (C=O) groups excluding carboxylic acids is 1. The number of carbonyl (C=O) groups is 1. The number of ether oxygens (including phenoxy) is 2. The molecular formula is C18H22N2O5S. The van der Waals surface area contributed by atoms with Gasteiger partial charge in [-0.05, 0) is 30.3 Å². The van der Waals surface area contributed by atoms with Crippen molar-refractivity contribution < 1.29 is 22.7 Å². The first kappa shape index (κ1) is 19.9. The normalized spacial score (nSPS) is 11.2. The van der Waals surface area contributed by atoms with E-state index in [1.54, 1.807) is 43.5 Å². The van der Waals surface area contributed by atoms with E-state index in [0.717, 1.165) is 0 Å². The Morgan fingerprint density at radius 2 is 1.81 bits per heavy atom. The number of nitrogens with zero attached hydrogens (tertiary/aromatic N) is 1. The van der Waals surface area contributed by atoms with Gasteiger partial charge in [-0.1, -0.05) is 24.3 Å². The van der Waals surface area contributed by atoms with Crippen LogP contribution < -0.4 is 9.62 Å². The molecule has 0 heterocycles. The Labute approximate surface area is 153 Å². The molecule has 0 saturated carbocycles. The van der Waals surface area contributed by atoms with E-state index < -0.39 is 10.0 Å². The Morgan fingerprint density at radius 3 is 2.50 bits per heavy atom. The first-order valence-electron chi connectivity index (χ1n) is 7.95. The standard InChI is InChI=1S/C18H22N2O5S/c1-20(16-8-4-3-5-9-16)26(22,23)17-10-6-7-15(13-17)19-18(21)14-25-12-11-24-2/h3-10,13H,11-12,14H2,1-2H3,(H,19,21). The predicted molar refractivity (Wildman–Crippen MR) is 99.8 cm³/mol. The van der Waals surface area contributed by atoms with Crippen LogP contribution in [0.1, 0.15) is 0 Å². The molecule has 2 aromatic rings. The molecule has 0 aliphatic carbocycles. The van der Waals surface area contributed by atoms with Gasteiger partial charge in [0.1, 0.15) is 6.61 Å². The molecule has 0 saturated heterocycles. The number of para-hydroxylation sites is 1. The van der Waals surface area contributed by atoms with Crippen molar-refractivity contribution >= 4 is 27.3 Å². The number of hydrogen-bond donors (Lipinski definition) is 1. The minimum atomic E-state index is -3.74. The van der Waals surface area contributed by atoms with Gasteiger partial charge in [0.25, 0.3) is 10.0 Å². The van der Waals surface area contributed by atoms with Gasteiger partial charge in [0.15, 0.2) is 0 Å². The summed E-state index contributed by atoms with van der Waals surface area (Å²) in [4.78, 5) is 11.9. The molecule has 0 radical (unpaired) electrons. The number of sulfonamides is 1. The quantitative estimate of drug-likeness (QED) is 0.676. The maximum absolute atomic E-state index is 12.8. The Morgan fingerprint density at radius 1 is 1.08 bits per heavy atom. The first-order chi connectivity index (χ1) is 12.4. The summed E-state index contributed by atoms with van der Waals surface area (Å²) >= 11 is 0. The third-order valence-electron chi connectivity index (χ3n) is 3.56. The molecule has 0 aromatic heterocycles. The minimum Gasteiger partial charge on any atom is -0.382 e. The number of nitrogens with one attached hydrogen (secondary N) is 1. The fourth-order valence-electron chi connectivity index (χ4n) is 2.17. The maximum atomic E-state index is 12.8. The van der Waals surface area contributed by atoms with Gasteiger partial charge in [-0.15, -0.1) is 0 Å². The Kier molecular flexibility index (Phi) is 7.14. The van der Waals surface area contributed by atoms with Gasteiger partial charge in [0, 0.05) is 19.8 Å². The van der Waals surface area contributed by atoms with Crippen molar-refractivity contribution in [3.63, 3.8) is 0 Å². The van der Waals surface area contributed by atoms with Gasteiger partial charge >= 0.3 is 0 Å². The van der Waals surface area contributed by atoms with Gasteiger partial charge in [0.2, 0.25) is 5.91 Å². The lowest BCUT2D eigenvalue weighted by Gasteiger charge is -2.19. The van der Waals surface area contributed by atoms with Crippen molar-refractivity contribution in [3.8, 4) is 0 Å². The lowest BCUT2D eigenvalue weighted by Crippen LogP contribution is -2.26. The zero-order valence-corrected chi connectivity index (χ0v) is 15.5. The van der Waals surface area contributed by atoms with Gasteiger partial charge < -0.3 is 14.8 Å². The van der Waals surface area contributed by atoms with Crippen LogP contribution >= 0.6 is 0 Å². The van der Waals surface area contributed by atoms with Crippen LogP contribution in [0.5, 0.6) is 0 Å². The third kappa shape index (κ3) is 5.29. The Balaban J connectivity index is 2.09. The highest BCUT2D eigenvalue weighted by molar-refractivity contribution is 7.92. The van der Waals surface area contributed by atoms with E-state index in [2.05, 4.69) is 5.32 Å². The molecule has 0 unspecified atom stereocenters. The molecule has 8 heteroatoms. The number of benzene rings is 2. The van der Waals surface area contributed by atoms with Crippen LogP contribution in [0.25, 0.3) is 0 Å². The Bertz CT molecular complexity index is 824. The van der Waals surface area contributed by atoms with Crippen molar-refractivity contribution in [2.24, 2.45) is 0 Å². The summed E-state index contributed by atoms with van der Waals surface area (Å²) in [6.45, 7) is 0.567. The van der Waals surface area contributed by atoms with Gasteiger partial charge in [0.05, 0.1) is 23.8 Å². The number of rotatable bonds is 9. The van der Waals surface area contributed by atoms with E-state index in [9.17, 15) is 13.2 Å². The van der Waals surface area contributed by atoms with E-state index in [4.69, 9.17) is 9.47 Å². The van der Waals surface area contributed by atoms with Gasteiger partial charge in [-0.2, -0.15) is 0 Å². The first-order valence-corrected chi connectivity index (χ1v) is 9.39. The van der Waals surface area contributed by atoms with Crippen LogP contribution in [-0.2, 0) is 24.3 Å². The molecule has 7 nitrogen and oxygen atoms in total. The fourth-order valence-corrected chi connectivity index (χ4v) is 3.42. The van der Waals surface area contributed by atoms with Crippen molar-refractivity contribution in [3.05, 3.63) is 54.6 Å². The molecule has 2 rings (SSSR count). The number of anilines is 2. The molecule has 1 amide bonds. The smallest absolute Gasteiger partial charge is 0.264 e. The lowest BCUT2D eigenvalue weighted by atomic mass is 10.3. The van der Waals surface area contributed by atoms with E-state index in [1.807, 2.05) is 6.07 Å². The second kappa shape index (κ2) is 9.33. The SMILES string of the molecule is COCCOCC(=O)Nc1cccc(S(=O)(=O)N(C)c2ccccc2)c1. The minimum absolute atomic E-state index is 0.0851. The summed E-state index contributed by atoms with van der Waals surface area (Å²) in [5.74, 6) is -0.368. The monoisotopic (exact) mass is 378 g/mol. The van der Waals surface area contributed by atoms with E-state index in [1.165, 1.54) is 23.5 Å². The molecule has 0 aliphatic rings. The zero-order valence-electron chi connectivity index (χ0n) is 14.7. The summed E-state index contributed by atoms with van der Waals surface area (Å²) in [5, 5.41) is 2.62. The highest BCUT2D eigenvalue weighted by Gasteiger charge is 2.21. The molecule has 1 N–H and O–H groups in total. The van der Waals surface area contributed by atoms with Crippen LogP contribution in [0.2, 0.25) is 0 Å². The molecule has 0 fully saturated rings. The van der Waals surface area contributed by atoms with E-state index in [0.29, 0.717) is 24.6 Å². The molecule has 2 aromatic carbocycles. The molecule has 0 bridgehead atoms. The molecule has 140 valence electrons. The zero-order chi connectivity index (χ0) is 19.0. The fraction of sp³-hybridized carbons (Fsp3) is 0.278. The van der Waals surface area contributed by atoms with Crippen LogP contribution in [0.15, 0.2) is 59.5 Å². The van der Waals surface area contributed by atoms with Crippen molar-refractivity contribution in [2.45, 2.75) is 4.90 Å². The average molecular weight is 378 g/mol. The summed E-state index contributed by atoms with van der Waals surface area (Å²) < 4.78 is 36.7. The van der Waals surface area contributed by atoms with Gasteiger partial charge in [-0.25, -0.2) is 8.42 Å². The molecule has 26 heavy (non-hydrogen) atoms. The Hall–Kier alpha value is -2.42. The number of amides is 1. The van der Waals surface area contributed by atoms with E-state index >= 15 is 0 Å².